The van der Waals surface area contributed by atoms with E-state index in [-0.39, 0.29) is 23.4 Å². The molecular formula is C14H13N3O3. The molecular weight excluding hydrogens is 258 g/mol. The lowest BCUT2D eigenvalue weighted by Crippen LogP contribution is -2.16. The van der Waals surface area contributed by atoms with Crippen molar-refractivity contribution in [1.82, 2.24) is 0 Å². The Morgan fingerprint density at radius 1 is 1.15 bits per heavy atom. The lowest BCUT2D eigenvalue weighted by molar-refractivity contribution is -0.385. The zero-order chi connectivity index (χ0) is 14.5. The van der Waals surface area contributed by atoms with Crippen LogP contribution < -0.4 is 11.1 Å². The molecule has 0 unspecified atom stereocenters. The average Bonchev–Trinajstić information content (AvgIpc) is 2.45. The topological polar surface area (TPSA) is 98.3 Å². The van der Waals surface area contributed by atoms with E-state index in [2.05, 4.69) is 5.32 Å². The number of carbonyl (C=O) groups is 1. The first-order chi connectivity index (χ1) is 9.59. The fourth-order valence-corrected chi connectivity index (χ4v) is 1.91. The number of carbonyl (C=O) groups excluding carboxylic acids is 1. The molecule has 0 aliphatic rings. The van der Waals surface area contributed by atoms with Crippen LogP contribution in [0.4, 0.5) is 11.4 Å². The van der Waals surface area contributed by atoms with E-state index < -0.39 is 10.8 Å². The highest BCUT2D eigenvalue weighted by molar-refractivity contribution is 5.95. The number of benzene rings is 2. The number of para-hydroxylation sites is 1. The van der Waals surface area contributed by atoms with Gasteiger partial charge >= 0.3 is 0 Å². The van der Waals surface area contributed by atoms with E-state index in [1.807, 2.05) is 30.3 Å². The van der Waals surface area contributed by atoms with Crippen LogP contribution in [0.1, 0.15) is 15.9 Å². The highest BCUT2D eigenvalue weighted by Crippen LogP contribution is 2.23. The Morgan fingerprint density at radius 2 is 1.85 bits per heavy atom. The van der Waals surface area contributed by atoms with Crippen molar-refractivity contribution in [2.24, 2.45) is 5.73 Å². The molecule has 0 radical (unpaired) electrons. The minimum Gasteiger partial charge on any atom is -0.381 e. The van der Waals surface area contributed by atoms with Gasteiger partial charge in [-0.15, -0.1) is 0 Å². The molecule has 0 spiro atoms. The maximum Gasteiger partial charge on any atom is 0.275 e. The predicted octanol–water partition coefficient (Wildman–Crippen LogP) is 2.31. The van der Waals surface area contributed by atoms with Crippen LogP contribution in [0.5, 0.6) is 0 Å². The lowest BCUT2D eigenvalue weighted by atomic mass is 10.0. The molecule has 0 atom stereocenters. The van der Waals surface area contributed by atoms with E-state index in [0.29, 0.717) is 0 Å². The van der Waals surface area contributed by atoms with Crippen molar-refractivity contribution >= 4 is 17.3 Å². The molecule has 0 aromatic heterocycles. The zero-order valence-electron chi connectivity index (χ0n) is 10.6. The van der Waals surface area contributed by atoms with Crippen LogP contribution in [0, 0.1) is 10.1 Å². The number of nitrogens with two attached hydrogens (primary N) is 1. The quantitative estimate of drug-likeness (QED) is 0.644. The van der Waals surface area contributed by atoms with Gasteiger partial charge in [-0.1, -0.05) is 24.3 Å². The first-order valence-corrected chi connectivity index (χ1v) is 5.94. The Balaban J connectivity index is 2.33. The third-order valence-electron chi connectivity index (χ3n) is 2.86. The molecule has 2 aromatic carbocycles. The van der Waals surface area contributed by atoms with E-state index in [4.69, 9.17) is 5.73 Å². The molecule has 0 bridgehead atoms. The van der Waals surface area contributed by atoms with Crippen molar-refractivity contribution in [2.75, 3.05) is 5.32 Å². The smallest absolute Gasteiger partial charge is 0.275 e. The summed E-state index contributed by atoms with van der Waals surface area (Å²) in [4.78, 5) is 21.9. The van der Waals surface area contributed by atoms with Gasteiger partial charge in [-0.05, 0) is 18.2 Å². The van der Waals surface area contributed by atoms with Crippen molar-refractivity contribution in [3.63, 3.8) is 0 Å². The van der Waals surface area contributed by atoms with Gasteiger partial charge in [-0.2, -0.15) is 0 Å². The SMILES string of the molecule is NC(=O)c1cccc([N+](=O)[O-])c1CNc1ccccc1. The molecule has 0 aliphatic carbocycles. The molecule has 2 aromatic rings. The number of nitrogens with zero attached hydrogens (tertiary/aromatic N) is 1. The zero-order valence-corrected chi connectivity index (χ0v) is 10.6. The van der Waals surface area contributed by atoms with Gasteiger partial charge in [0.05, 0.1) is 16.1 Å². The Labute approximate surface area is 115 Å². The van der Waals surface area contributed by atoms with Crippen LogP contribution in [0.25, 0.3) is 0 Å². The highest BCUT2D eigenvalue weighted by atomic mass is 16.6. The van der Waals surface area contributed by atoms with Gasteiger partial charge in [0.15, 0.2) is 0 Å². The van der Waals surface area contributed by atoms with E-state index in [0.717, 1.165) is 5.69 Å². The fraction of sp³-hybridized carbons (Fsp3) is 0.0714. The summed E-state index contributed by atoms with van der Waals surface area (Å²) in [6.45, 7) is 0.152. The molecule has 3 N–H and O–H groups in total. The molecule has 0 aliphatic heterocycles. The van der Waals surface area contributed by atoms with Gasteiger partial charge in [-0.25, -0.2) is 0 Å². The molecule has 102 valence electrons. The molecule has 1 amide bonds. The standard InChI is InChI=1S/C14H13N3O3/c15-14(18)11-7-4-8-13(17(19)20)12(11)9-16-10-5-2-1-3-6-10/h1-8,16H,9H2,(H2,15,18). The molecule has 0 saturated carbocycles. The number of nitro benzene ring substituents is 1. The normalized spacial score (nSPS) is 10.0. The third kappa shape index (κ3) is 2.92. The largest absolute Gasteiger partial charge is 0.381 e. The second-order valence-corrected chi connectivity index (χ2v) is 4.14. The number of hydrogen-bond donors (Lipinski definition) is 2. The number of amides is 1. The minimum absolute atomic E-state index is 0.121. The van der Waals surface area contributed by atoms with E-state index in [1.165, 1.54) is 18.2 Å². The summed E-state index contributed by atoms with van der Waals surface area (Å²) in [5.74, 6) is -0.682. The number of primary amides is 1. The summed E-state index contributed by atoms with van der Waals surface area (Å²) < 4.78 is 0. The van der Waals surface area contributed by atoms with E-state index in [1.54, 1.807) is 0 Å². The molecule has 6 heteroatoms. The van der Waals surface area contributed by atoms with Gasteiger partial charge < -0.3 is 11.1 Å². The van der Waals surface area contributed by atoms with Crippen LogP contribution >= 0.6 is 0 Å². The van der Waals surface area contributed by atoms with Crippen LogP contribution in [-0.4, -0.2) is 10.8 Å². The number of nitrogens with one attached hydrogen (secondary N) is 1. The molecule has 2 rings (SSSR count). The van der Waals surface area contributed by atoms with Crippen LogP contribution in [-0.2, 0) is 6.54 Å². The molecule has 6 nitrogen and oxygen atoms in total. The van der Waals surface area contributed by atoms with Gasteiger partial charge in [0.25, 0.3) is 5.69 Å². The summed E-state index contributed by atoms with van der Waals surface area (Å²) in [7, 11) is 0. The number of rotatable bonds is 5. The molecule has 0 saturated heterocycles. The van der Waals surface area contributed by atoms with Gasteiger partial charge in [-0.3, -0.25) is 14.9 Å². The highest BCUT2D eigenvalue weighted by Gasteiger charge is 2.19. The monoisotopic (exact) mass is 271 g/mol. The van der Waals surface area contributed by atoms with Crippen molar-refractivity contribution in [3.8, 4) is 0 Å². The van der Waals surface area contributed by atoms with Crippen molar-refractivity contribution in [1.29, 1.82) is 0 Å². The minimum atomic E-state index is -0.682. The Hall–Kier alpha value is -2.89. The summed E-state index contributed by atoms with van der Waals surface area (Å²) in [5, 5.41) is 14.1. The Morgan fingerprint density at radius 3 is 2.45 bits per heavy atom. The van der Waals surface area contributed by atoms with Gasteiger partial charge in [0.2, 0.25) is 5.91 Å². The van der Waals surface area contributed by atoms with Gasteiger partial charge in [0.1, 0.15) is 0 Å². The summed E-state index contributed by atoms with van der Waals surface area (Å²) >= 11 is 0. The Kier molecular flexibility index (Phi) is 3.95. The predicted molar refractivity (Wildman–Crippen MR) is 75.4 cm³/mol. The second kappa shape index (κ2) is 5.83. The number of hydrogen-bond acceptors (Lipinski definition) is 4. The van der Waals surface area contributed by atoms with Crippen molar-refractivity contribution in [3.05, 3.63) is 69.8 Å². The van der Waals surface area contributed by atoms with Crippen LogP contribution in [0.15, 0.2) is 48.5 Å². The van der Waals surface area contributed by atoms with E-state index in [9.17, 15) is 14.9 Å². The lowest BCUT2D eigenvalue weighted by Gasteiger charge is -2.10. The Bertz CT molecular complexity index is 609. The maximum atomic E-state index is 11.4. The maximum absolute atomic E-state index is 11.4. The van der Waals surface area contributed by atoms with Crippen LogP contribution in [0.3, 0.4) is 0 Å². The first kappa shape index (κ1) is 13.5. The summed E-state index contributed by atoms with van der Waals surface area (Å²) in [5.41, 5.74) is 6.39. The van der Waals surface area contributed by atoms with Crippen molar-refractivity contribution in [2.45, 2.75) is 6.54 Å². The summed E-state index contributed by atoms with van der Waals surface area (Å²) in [6, 6.07) is 13.5. The van der Waals surface area contributed by atoms with Gasteiger partial charge in [0, 0.05) is 18.3 Å². The third-order valence-corrected chi connectivity index (χ3v) is 2.86. The average molecular weight is 271 g/mol. The first-order valence-electron chi connectivity index (χ1n) is 5.94. The van der Waals surface area contributed by atoms with E-state index >= 15 is 0 Å². The van der Waals surface area contributed by atoms with Crippen molar-refractivity contribution < 1.29 is 9.72 Å². The summed E-state index contributed by atoms with van der Waals surface area (Å²) in [6.07, 6.45) is 0. The fourth-order valence-electron chi connectivity index (χ4n) is 1.91. The number of nitro groups is 1. The molecule has 20 heavy (non-hydrogen) atoms. The number of anilines is 1. The molecule has 0 fully saturated rings. The second-order valence-electron chi connectivity index (χ2n) is 4.14. The molecule has 0 heterocycles. The van der Waals surface area contributed by atoms with Crippen LogP contribution in [0.2, 0.25) is 0 Å².